The molecular weight excluding hydrogens is 174 g/mol. The molecule has 2 amide bonds. The normalized spacial score (nSPS) is 9.23. The maximum Gasteiger partial charge on any atom is 0.337 e. The Morgan fingerprint density at radius 3 is 2.77 bits per heavy atom. The number of urea groups is 1. The van der Waals surface area contributed by atoms with E-state index in [1.54, 1.807) is 0 Å². The van der Waals surface area contributed by atoms with Gasteiger partial charge in [-0.2, -0.15) is 0 Å². The standard InChI is InChI=1S/C7H7N3O3/c8-7(13)10-5-3-9-2-1-4(5)6(11)12/h1-3H,(H,11,12)(H3,8,10,13). The summed E-state index contributed by atoms with van der Waals surface area (Å²) in [5, 5.41) is 10.8. The molecule has 6 nitrogen and oxygen atoms in total. The van der Waals surface area contributed by atoms with Crippen LogP contribution in [0.15, 0.2) is 18.5 Å². The highest BCUT2D eigenvalue weighted by atomic mass is 16.4. The lowest BCUT2D eigenvalue weighted by Gasteiger charge is -2.03. The van der Waals surface area contributed by atoms with Crippen LogP contribution in [0.3, 0.4) is 0 Å². The Balaban J connectivity index is 3.04. The molecule has 0 spiro atoms. The fourth-order valence-corrected chi connectivity index (χ4v) is 0.813. The van der Waals surface area contributed by atoms with Crippen molar-refractivity contribution in [3.63, 3.8) is 0 Å². The summed E-state index contributed by atoms with van der Waals surface area (Å²) in [4.78, 5) is 24.7. The van der Waals surface area contributed by atoms with Gasteiger partial charge in [0, 0.05) is 6.20 Å². The Hall–Kier alpha value is -2.11. The highest BCUT2D eigenvalue weighted by Crippen LogP contribution is 2.12. The molecule has 68 valence electrons. The lowest BCUT2D eigenvalue weighted by Crippen LogP contribution is -2.21. The molecule has 0 fully saturated rings. The van der Waals surface area contributed by atoms with Crippen LogP contribution >= 0.6 is 0 Å². The number of primary amides is 1. The van der Waals surface area contributed by atoms with Gasteiger partial charge in [-0.15, -0.1) is 0 Å². The number of nitrogens with two attached hydrogens (primary N) is 1. The Labute approximate surface area is 73.4 Å². The first kappa shape index (κ1) is 8.98. The molecule has 0 radical (unpaired) electrons. The molecule has 1 aromatic rings. The fourth-order valence-electron chi connectivity index (χ4n) is 0.813. The number of carbonyl (C=O) groups is 2. The molecule has 0 bridgehead atoms. The van der Waals surface area contributed by atoms with Gasteiger partial charge in [-0.1, -0.05) is 0 Å². The molecule has 0 saturated heterocycles. The smallest absolute Gasteiger partial charge is 0.337 e. The van der Waals surface area contributed by atoms with Crippen LogP contribution in [0.25, 0.3) is 0 Å². The van der Waals surface area contributed by atoms with E-state index in [0.29, 0.717) is 0 Å². The summed E-state index contributed by atoms with van der Waals surface area (Å²) in [6, 6.07) is 0.448. The van der Waals surface area contributed by atoms with Crippen LogP contribution in [0.4, 0.5) is 10.5 Å². The zero-order valence-electron chi connectivity index (χ0n) is 6.52. The lowest BCUT2D eigenvalue weighted by molar-refractivity contribution is 0.0698. The third kappa shape index (κ3) is 2.16. The quantitative estimate of drug-likeness (QED) is 0.608. The first-order valence-electron chi connectivity index (χ1n) is 3.35. The number of hydrogen-bond acceptors (Lipinski definition) is 3. The number of carboxylic acids is 1. The number of aromatic nitrogens is 1. The number of carboxylic acid groups (broad SMARTS) is 1. The van der Waals surface area contributed by atoms with Crippen molar-refractivity contribution in [1.82, 2.24) is 4.98 Å². The molecule has 13 heavy (non-hydrogen) atoms. The van der Waals surface area contributed by atoms with Crippen molar-refractivity contribution in [2.45, 2.75) is 0 Å². The van der Waals surface area contributed by atoms with Crippen molar-refractivity contribution in [2.75, 3.05) is 5.32 Å². The van der Waals surface area contributed by atoms with Gasteiger partial charge in [0.05, 0.1) is 17.4 Å². The zero-order chi connectivity index (χ0) is 9.84. The largest absolute Gasteiger partial charge is 0.478 e. The van der Waals surface area contributed by atoms with Gasteiger partial charge in [0.1, 0.15) is 0 Å². The van der Waals surface area contributed by atoms with Gasteiger partial charge in [0.15, 0.2) is 0 Å². The number of hydrogen-bond donors (Lipinski definition) is 3. The number of carbonyl (C=O) groups excluding carboxylic acids is 1. The van der Waals surface area contributed by atoms with Crippen LogP contribution in [0.1, 0.15) is 10.4 Å². The Kier molecular flexibility index (Phi) is 2.44. The first-order chi connectivity index (χ1) is 6.11. The molecule has 0 atom stereocenters. The number of pyridine rings is 1. The number of aromatic carboxylic acids is 1. The summed E-state index contributed by atoms with van der Waals surface area (Å²) < 4.78 is 0. The van der Waals surface area contributed by atoms with Crippen molar-refractivity contribution >= 4 is 17.7 Å². The molecular formula is C7H7N3O3. The third-order valence-electron chi connectivity index (χ3n) is 1.31. The second-order valence-corrected chi connectivity index (χ2v) is 2.22. The predicted octanol–water partition coefficient (Wildman–Crippen LogP) is 0.270. The molecule has 0 aliphatic heterocycles. The van der Waals surface area contributed by atoms with E-state index in [4.69, 9.17) is 10.8 Å². The fraction of sp³-hybridized carbons (Fsp3) is 0. The maximum atomic E-state index is 10.6. The van der Waals surface area contributed by atoms with Gasteiger partial charge in [-0.05, 0) is 6.07 Å². The number of amides is 2. The molecule has 1 aromatic heterocycles. The van der Waals surface area contributed by atoms with E-state index < -0.39 is 12.0 Å². The average Bonchev–Trinajstić information content (AvgIpc) is 2.03. The van der Waals surface area contributed by atoms with Crippen LogP contribution in [0.5, 0.6) is 0 Å². The summed E-state index contributed by atoms with van der Waals surface area (Å²) in [6.45, 7) is 0. The van der Waals surface area contributed by atoms with Gasteiger partial charge in [-0.25, -0.2) is 9.59 Å². The minimum atomic E-state index is -1.15. The van der Waals surface area contributed by atoms with Gasteiger partial charge < -0.3 is 16.2 Å². The summed E-state index contributed by atoms with van der Waals surface area (Å²) in [6.07, 6.45) is 2.53. The highest BCUT2D eigenvalue weighted by molar-refractivity contribution is 5.99. The maximum absolute atomic E-state index is 10.6. The SMILES string of the molecule is NC(=O)Nc1cnccc1C(=O)O. The van der Waals surface area contributed by atoms with Crippen molar-refractivity contribution in [3.05, 3.63) is 24.0 Å². The van der Waals surface area contributed by atoms with Gasteiger partial charge in [-0.3, -0.25) is 4.98 Å². The number of anilines is 1. The topological polar surface area (TPSA) is 105 Å². The van der Waals surface area contributed by atoms with Crippen molar-refractivity contribution in [3.8, 4) is 0 Å². The predicted molar refractivity (Wildman–Crippen MR) is 44.4 cm³/mol. The Morgan fingerprint density at radius 2 is 2.23 bits per heavy atom. The number of nitrogens with zero attached hydrogens (tertiary/aromatic N) is 1. The van der Waals surface area contributed by atoms with Crippen LogP contribution in [-0.2, 0) is 0 Å². The number of nitrogens with one attached hydrogen (secondary N) is 1. The van der Waals surface area contributed by atoms with Crippen LogP contribution in [0.2, 0.25) is 0 Å². The molecule has 0 aliphatic carbocycles. The van der Waals surface area contributed by atoms with Gasteiger partial charge in [0.2, 0.25) is 0 Å². The summed E-state index contributed by atoms with van der Waals surface area (Å²) in [5.41, 5.74) is 4.86. The number of rotatable bonds is 2. The molecule has 4 N–H and O–H groups in total. The summed E-state index contributed by atoms with van der Waals surface area (Å²) in [5.74, 6) is -1.15. The van der Waals surface area contributed by atoms with Crippen molar-refractivity contribution in [1.29, 1.82) is 0 Å². The summed E-state index contributed by atoms with van der Waals surface area (Å²) >= 11 is 0. The van der Waals surface area contributed by atoms with E-state index in [-0.39, 0.29) is 11.3 Å². The molecule has 1 rings (SSSR count). The van der Waals surface area contributed by atoms with E-state index in [2.05, 4.69) is 10.3 Å². The molecule has 0 unspecified atom stereocenters. The van der Waals surface area contributed by atoms with Crippen LogP contribution < -0.4 is 11.1 Å². The van der Waals surface area contributed by atoms with E-state index in [0.717, 1.165) is 0 Å². The molecule has 1 heterocycles. The lowest BCUT2D eigenvalue weighted by atomic mass is 10.2. The Morgan fingerprint density at radius 1 is 1.54 bits per heavy atom. The van der Waals surface area contributed by atoms with Crippen LogP contribution in [0, 0.1) is 0 Å². The minimum absolute atomic E-state index is 0.0474. The minimum Gasteiger partial charge on any atom is -0.478 e. The molecule has 6 heteroatoms. The van der Waals surface area contributed by atoms with E-state index in [1.165, 1.54) is 18.5 Å². The molecule has 0 saturated carbocycles. The van der Waals surface area contributed by atoms with Gasteiger partial charge in [0.25, 0.3) is 0 Å². The van der Waals surface area contributed by atoms with Crippen LogP contribution in [-0.4, -0.2) is 22.1 Å². The third-order valence-corrected chi connectivity index (χ3v) is 1.31. The van der Waals surface area contributed by atoms with E-state index in [1.807, 2.05) is 0 Å². The summed E-state index contributed by atoms with van der Waals surface area (Å²) in [7, 11) is 0. The molecule has 0 aromatic carbocycles. The molecule has 0 aliphatic rings. The zero-order valence-corrected chi connectivity index (χ0v) is 6.52. The van der Waals surface area contributed by atoms with Crippen molar-refractivity contribution < 1.29 is 14.7 Å². The second-order valence-electron chi connectivity index (χ2n) is 2.22. The van der Waals surface area contributed by atoms with Gasteiger partial charge >= 0.3 is 12.0 Å². The Bertz CT molecular complexity index is 351. The van der Waals surface area contributed by atoms with E-state index in [9.17, 15) is 9.59 Å². The highest BCUT2D eigenvalue weighted by Gasteiger charge is 2.09. The second kappa shape index (κ2) is 3.53. The van der Waals surface area contributed by atoms with Crippen molar-refractivity contribution in [2.24, 2.45) is 5.73 Å². The average molecular weight is 181 g/mol. The van der Waals surface area contributed by atoms with E-state index >= 15 is 0 Å². The first-order valence-corrected chi connectivity index (χ1v) is 3.35. The monoisotopic (exact) mass is 181 g/mol.